The molecule has 0 aliphatic rings. The topological polar surface area (TPSA) is 72.5 Å². The van der Waals surface area contributed by atoms with Crippen molar-refractivity contribution >= 4 is 17.6 Å². The third-order valence-corrected chi connectivity index (χ3v) is 2.22. The van der Waals surface area contributed by atoms with Crippen molar-refractivity contribution in [2.75, 3.05) is 13.2 Å². The highest BCUT2D eigenvalue weighted by atomic mass is 35.5. The van der Waals surface area contributed by atoms with Crippen molar-refractivity contribution < 1.29 is 14.6 Å². The van der Waals surface area contributed by atoms with Gasteiger partial charge >= 0.3 is 5.97 Å². The third-order valence-electron chi connectivity index (χ3n) is 1.87. The van der Waals surface area contributed by atoms with Crippen LogP contribution in [0.4, 0.5) is 0 Å². The fourth-order valence-corrected chi connectivity index (χ4v) is 1.45. The van der Waals surface area contributed by atoms with Crippen LogP contribution in [0.5, 0.6) is 0 Å². The smallest absolute Gasteiger partial charge is 0.329 e. The van der Waals surface area contributed by atoms with E-state index in [1.54, 1.807) is 24.3 Å². The highest BCUT2D eigenvalue weighted by Crippen LogP contribution is 2.24. The highest BCUT2D eigenvalue weighted by Gasteiger charge is 2.14. The highest BCUT2D eigenvalue weighted by molar-refractivity contribution is 6.31. The number of nitrogens with two attached hydrogens (primary N) is 1. The number of benzene rings is 1. The van der Waals surface area contributed by atoms with E-state index in [1.165, 1.54) is 0 Å². The van der Waals surface area contributed by atoms with Gasteiger partial charge in [0.15, 0.2) is 0 Å². The van der Waals surface area contributed by atoms with Crippen LogP contribution in [0.15, 0.2) is 24.3 Å². The van der Waals surface area contributed by atoms with Gasteiger partial charge in [-0.15, -0.1) is 0 Å². The summed E-state index contributed by atoms with van der Waals surface area (Å²) < 4.78 is 5.11. The lowest BCUT2D eigenvalue weighted by molar-refractivity contribution is -0.144. The van der Waals surface area contributed by atoms with E-state index in [9.17, 15) is 4.79 Å². The number of carbonyl (C=O) groups is 1. The molecular weight excluding hydrogens is 218 g/mol. The molecule has 1 atom stereocenters. The molecule has 3 N–H and O–H groups in total. The van der Waals surface area contributed by atoms with Gasteiger partial charge in [-0.1, -0.05) is 29.8 Å². The maximum Gasteiger partial charge on any atom is 0.329 e. The first-order valence-corrected chi connectivity index (χ1v) is 4.81. The summed E-state index contributed by atoms with van der Waals surface area (Å²) in [6.07, 6.45) is -0.477. The molecular formula is C10H12ClNO3. The van der Waals surface area contributed by atoms with E-state index >= 15 is 0 Å². The number of hydrogen-bond acceptors (Lipinski definition) is 3. The average Bonchev–Trinajstić information content (AvgIpc) is 2.21. The Morgan fingerprint density at radius 2 is 2.20 bits per heavy atom. The standard InChI is InChI=1S/C10H12ClNO3/c11-8-4-2-1-3-7(8)9(5-12)15-6-10(13)14/h1-4,9H,5-6,12H2,(H,13,14). The maximum absolute atomic E-state index is 10.3. The van der Waals surface area contributed by atoms with E-state index in [4.69, 9.17) is 27.2 Å². The second-order valence-electron chi connectivity index (χ2n) is 2.95. The Morgan fingerprint density at radius 1 is 1.53 bits per heavy atom. The van der Waals surface area contributed by atoms with E-state index in [2.05, 4.69) is 0 Å². The molecule has 0 aliphatic carbocycles. The van der Waals surface area contributed by atoms with Gasteiger partial charge in [0.25, 0.3) is 0 Å². The van der Waals surface area contributed by atoms with Crippen molar-refractivity contribution in [2.45, 2.75) is 6.10 Å². The number of halogens is 1. The lowest BCUT2D eigenvalue weighted by Crippen LogP contribution is -2.19. The van der Waals surface area contributed by atoms with Crippen molar-refractivity contribution in [3.05, 3.63) is 34.9 Å². The average molecular weight is 230 g/mol. The van der Waals surface area contributed by atoms with E-state index in [0.717, 1.165) is 0 Å². The lowest BCUT2D eigenvalue weighted by atomic mass is 10.1. The minimum atomic E-state index is -1.03. The van der Waals surface area contributed by atoms with E-state index < -0.39 is 12.1 Å². The summed E-state index contributed by atoms with van der Waals surface area (Å²) >= 11 is 5.93. The summed E-state index contributed by atoms with van der Waals surface area (Å²) in [6.45, 7) is -0.190. The summed E-state index contributed by atoms with van der Waals surface area (Å²) in [4.78, 5) is 10.3. The lowest BCUT2D eigenvalue weighted by Gasteiger charge is -2.16. The predicted octanol–water partition coefficient (Wildman–Crippen LogP) is 1.44. The largest absolute Gasteiger partial charge is 0.480 e. The zero-order valence-corrected chi connectivity index (χ0v) is 8.78. The summed E-state index contributed by atoms with van der Waals surface area (Å²) in [6, 6.07) is 7.07. The van der Waals surface area contributed by atoms with Crippen LogP contribution >= 0.6 is 11.6 Å². The van der Waals surface area contributed by atoms with Gasteiger partial charge in [-0.2, -0.15) is 0 Å². The Hall–Kier alpha value is -1.10. The molecule has 0 radical (unpaired) electrons. The molecule has 1 rings (SSSR count). The first kappa shape index (κ1) is 12.0. The predicted molar refractivity (Wildman–Crippen MR) is 56.8 cm³/mol. The fourth-order valence-electron chi connectivity index (χ4n) is 1.19. The first-order chi connectivity index (χ1) is 7.15. The Kier molecular flexibility index (Phi) is 4.55. The van der Waals surface area contributed by atoms with Crippen LogP contribution in [0.3, 0.4) is 0 Å². The number of rotatable bonds is 5. The summed E-state index contributed by atoms with van der Waals surface area (Å²) in [5, 5.41) is 9.00. The molecule has 82 valence electrons. The Labute approximate surface area is 92.6 Å². The van der Waals surface area contributed by atoms with Gasteiger partial charge in [0.05, 0.1) is 6.10 Å². The molecule has 0 fully saturated rings. The molecule has 15 heavy (non-hydrogen) atoms. The summed E-state index contributed by atoms with van der Waals surface area (Å²) in [5.41, 5.74) is 6.19. The summed E-state index contributed by atoms with van der Waals surface area (Å²) in [5.74, 6) is -1.03. The zero-order valence-electron chi connectivity index (χ0n) is 8.02. The Balaban J connectivity index is 2.74. The maximum atomic E-state index is 10.3. The van der Waals surface area contributed by atoms with Crippen LogP contribution in [-0.2, 0) is 9.53 Å². The molecule has 0 saturated carbocycles. The van der Waals surface area contributed by atoms with Gasteiger partial charge in [-0.05, 0) is 6.07 Å². The van der Waals surface area contributed by atoms with E-state index in [0.29, 0.717) is 10.6 Å². The molecule has 0 aliphatic heterocycles. The van der Waals surface area contributed by atoms with E-state index in [1.807, 2.05) is 0 Å². The number of carboxylic acids is 1. The zero-order chi connectivity index (χ0) is 11.3. The second kappa shape index (κ2) is 5.70. The Morgan fingerprint density at radius 3 is 2.73 bits per heavy atom. The molecule has 0 aromatic heterocycles. The van der Waals surface area contributed by atoms with Gasteiger partial charge in [-0.3, -0.25) is 0 Å². The third kappa shape index (κ3) is 3.51. The van der Waals surface area contributed by atoms with Crippen LogP contribution in [0.25, 0.3) is 0 Å². The molecule has 0 spiro atoms. The molecule has 1 unspecified atom stereocenters. The van der Waals surface area contributed by atoms with Crippen molar-refractivity contribution in [2.24, 2.45) is 5.73 Å². The van der Waals surface area contributed by atoms with Crippen LogP contribution in [-0.4, -0.2) is 24.2 Å². The minimum Gasteiger partial charge on any atom is -0.480 e. The SMILES string of the molecule is NCC(OCC(=O)O)c1ccccc1Cl. The molecule has 1 aromatic rings. The molecule has 0 bridgehead atoms. The van der Waals surface area contributed by atoms with Gasteiger partial charge in [-0.25, -0.2) is 4.79 Å². The van der Waals surface area contributed by atoms with Crippen molar-refractivity contribution in [1.29, 1.82) is 0 Å². The van der Waals surface area contributed by atoms with Crippen LogP contribution < -0.4 is 5.73 Å². The van der Waals surface area contributed by atoms with Crippen molar-refractivity contribution in [1.82, 2.24) is 0 Å². The second-order valence-corrected chi connectivity index (χ2v) is 3.36. The number of ether oxygens (including phenoxy) is 1. The molecule has 0 amide bonds. The van der Waals surface area contributed by atoms with Gasteiger partial charge in [0.2, 0.25) is 0 Å². The summed E-state index contributed by atoms with van der Waals surface area (Å²) in [7, 11) is 0. The molecule has 1 aromatic carbocycles. The number of aliphatic carboxylic acids is 1. The normalized spacial score (nSPS) is 12.4. The quantitative estimate of drug-likeness (QED) is 0.802. The van der Waals surface area contributed by atoms with Crippen LogP contribution in [0, 0.1) is 0 Å². The van der Waals surface area contributed by atoms with E-state index in [-0.39, 0.29) is 13.2 Å². The van der Waals surface area contributed by atoms with Crippen molar-refractivity contribution in [3.8, 4) is 0 Å². The van der Waals surface area contributed by atoms with Crippen LogP contribution in [0.2, 0.25) is 5.02 Å². The van der Waals surface area contributed by atoms with Gasteiger partial charge in [0.1, 0.15) is 6.61 Å². The molecule has 5 heteroatoms. The minimum absolute atomic E-state index is 0.191. The number of carboxylic acid groups (broad SMARTS) is 1. The monoisotopic (exact) mass is 229 g/mol. The van der Waals surface area contributed by atoms with Gasteiger partial charge < -0.3 is 15.6 Å². The Bertz CT molecular complexity index is 343. The first-order valence-electron chi connectivity index (χ1n) is 4.43. The van der Waals surface area contributed by atoms with Crippen LogP contribution in [0.1, 0.15) is 11.7 Å². The molecule has 0 saturated heterocycles. The van der Waals surface area contributed by atoms with Crippen molar-refractivity contribution in [3.63, 3.8) is 0 Å². The number of hydrogen-bond donors (Lipinski definition) is 2. The van der Waals surface area contributed by atoms with Gasteiger partial charge in [0, 0.05) is 17.1 Å². The molecule has 4 nitrogen and oxygen atoms in total. The fraction of sp³-hybridized carbons (Fsp3) is 0.300. The molecule has 0 heterocycles.